The van der Waals surface area contributed by atoms with Gasteiger partial charge in [-0.05, 0) is 47.0 Å². The fraction of sp³-hybridized carbons (Fsp3) is 0.231. The van der Waals surface area contributed by atoms with E-state index in [1.54, 1.807) is 6.20 Å². The third kappa shape index (κ3) is 4.17. The standard InChI is InChI=1S/C26H23Cl2FN4O/c1-15(23-21(27)6-7-22(29)24(23)28)20-14-32-25-19(20)12-18(13-31-25)16-2-4-17(5-3-16)26(34)33-10-8-30-9-11-33/h2-7,12-15,30H,8-11H2,1H3,(H,31,32)/t15-/m0/s1. The molecule has 34 heavy (non-hydrogen) atoms. The monoisotopic (exact) mass is 496 g/mol. The van der Waals surface area contributed by atoms with Crippen molar-refractivity contribution >= 4 is 40.1 Å². The van der Waals surface area contributed by atoms with E-state index in [0.29, 0.717) is 16.1 Å². The van der Waals surface area contributed by atoms with Gasteiger partial charge in [-0.3, -0.25) is 4.79 Å². The molecule has 0 radical (unpaired) electrons. The van der Waals surface area contributed by atoms with Crippen molar-refractivity contribution in [1.29, 1.82) is 0 Å². The largest absolute Gasteiger partial charge is 0.346 e. The van der Waals surface area contributed by atoms with Crippen LogP contribution in [0.1, 0.15) is 34.3 Å². The summed E-state index contributed by atoms with van der Waals surface area (Å²) in [6.45, 7) is 5.01. The fourth-order valence-electron chi connectivity index (χ4n) is 4.49. The predicted octanol–water partition coefficient (Wildman–Crippen LogP) is 5.87. The minimum Gasteiger partial charge on any atom is -0.346 e. The summed E-state index contributed by atoms with van der Waals surface area (Å²) in [4.78, 5) is 22.4. The van der Waals surface area contributed by atoms with Gasteiger partial charge in [0.05, 0.1) is 5.02 Å². The summed E-state index contributed by atoms with van der Waals surface area (Å²) in [7, 11) is 0. The Morgan fingerprint density at radius 2 is 1.82 bits per heavy atom. The van der Waals surface area contributed by atoms with Crippen molar-refractivity contribution in [2.75, 3.05) is 26.2 Å². The number of H-pyrrole nitrogens is 1. The van der Waals surface area contributed by atoms with Gasteiger partial charge in [-0.2, -0.15) is 0 Å². The molecule has 5 rings (SSSR count). The second-order valence-corrected chi connectivity index (χ2v) is 9.25. The molecule has 5 nitrogen and oxygen atoms in total. The van der Waals surface area contributed by atoms with Crippen LogP contribution < -0.4 is 5.32 Å². The fourth-order valence-corrected chi connectivity index (χ4v) is 5.19. The van der Waals surface area contributed by atoms with Crippen LogP contribution in [0, 0.1) is 5.82 Å². The van der Waals surface area contributed by atoms with Crippen LogP contribution in [-0.4, -0.2) is 47.0 Å². The highest BCUT2D eigenvalue weighted by Gasteiger charge is 2.22. The quantitative estimate of drug-likeness (QED) is 0.347. The van der Waals surface area contributed by atoms with Crippen molar-refractivity contribution in [3.8, 4) is 11.1 Å². The third-order valence-corrected chi connectivity index (χ3v) is 7.13. The van der Waals surface area contributed by atoms with Crippen molar-refractivity contribution < 1.29 is 9.18 Å². The number of pyridine rings is 1. The van der Waals surface area contributed by atoms with E-state index in [-0.39, 0.29) is 16.8 Å². The highest BCUT2D eigenvalue weighted by Crippen LogP contribution is 2.39. The highest BCUT2D eigenvalue weighted by molar-refractivity contribution is 6.36. The molecule has 2 aromatic carbocycles. The van der Waals surface area contributed by atoms with Crippen LogP contribution in [-0.2, 0) is 0 Å². The van der Waals surface area contributed by atoms with Crippen LogP contribution in [0.25, 0.3) is 22.2 Å². The van der Waals surface area contributed by atoms with Gasteiger partial charge in [0, 0.05) is 66.0 Å². The molecular weight excluding hydrogens is 474 g/mol. The maximum absolute atomic E-state index is 14.1. The Morgan fingerprint density at radius 3 is 2.56 bits per heavy atom. The van der Waals surface area contributed by atoms with E-state index in [1.807, 2.05) is 48.4 Å². The molecule has 2 N–H and O–H groups in total. The Kier molecular flexibility index (Phi) is 6.30. The Balaban J connectivity index is 1.47. The summed E-state index contributed by atoms with van der Waals surface area (Å²) < 4.78 is 14.1. The molecule has 1 aliphatic rings. The van der Waals surface area contributed by atoms with Crippen molar-refractivity contribution in [1.82, 2.24) is 20.2 Å². The number of aromatic nitrogens is 2. The summed E-state index contributed by atoms with van der Waals surface area (Å²) in [5, 5.41) is 4.61. The van der Waals surface area contributed by atoms with Crippen molar-refractivity contribution in [2.24, 2.45) is 0 Å². The summed E-state index contributed by atoms with van der Waals surface area (Å²) >= 11 is 12.6. The summed E-state index contributed by atoms with van der Waals surface area (Å²) in [5.74, 6) is -0.699. The first kappa shape index (κ1) is 22.8. The van der Waals surface area contributed by atoms with E-state index < -0.39 is 5.82 Å². The van der Waals surface area contributed by atoms with E-state index in [0.717, 1.165) is 53.9 Å². The minimum atomic E-state index is -0.498. The average Bonchev–Trinajstić information content (AvgIpc) is 3.30. The van der Waals surface area contributed by atoms with Gasteiger partial charge in [-0.15, -0.1) is 0 Å². The van der Waals surface area contributed by atoms with Gasteiger partial charge in [0.15, 0.2) is 0 Å². The van der Waals surface area contributed by atoms with Gasteiger partial charge in [-0.25, -0.2) is 9.37 Å². The van der Waals surface area contributed by atoms with Crippen LogP contribution in [0.5, 0.6) is 0 Å². The van der Waals surface area contributed by atoms with Crippen molar-refractivity contribution in [2.45, 2.75) is 12.8 Å². The maximum atomic E-state index is 14.1. The number of fused-ring (bicyclic) bond motifs is 1. The van der Waals surface area contributed by atoms with Crippen LogP contribution in [0.3, 0.4) is 0 Å². The number of carbonyl (C=O) groups is 1. The molecule has 1 amide bonds. The molecule has 8 heteroatoms. The normalized spacial score (nSPS) is 15.0. The number of amides is 1. The zero-order valence-corrected chi connectivity index (χ0v) is 20.1. The first-order valence-corrected chi connectivity index (χ1v) is 11.9. The van der Waals surface area contributed by atoms with Crippen LogP contribution in [0.4, 0.5) is 4.39 Å². The molecule has 3 heterocycles. The number of hydrogen-bond acceptors (Lipinski definition) is 3. The van der Waals surface area contributed by atoms with Crippen LogP contribution in [0.2, 0.25) is 10.0 Å². The van der Waals surface area contributed by atoms with Gasteiger partial charge in [0.25, 0.3) is 5.91 Å². The predicted molar refractivity (Wildman–Crippen MR) is 134 cm³/mol. The number of benzene rings is 2. The molecule has 174 valence electrons. The van der Waals surface area contributed by atoms with E-state index in [4.69, 9.17) is 23.2 Å². The molecule has 1 atom stereocenters. The lowest BCUT2D eigenvalue weighted by molar-refractivity contribution is 0.0736. The smallest absolute Gasteiger partial charge is 0.253 e. The molecule has 1 fully saturated rings. The van der Waals surface area contributed by atoms with Gasteiger partial charge >= 0.3 is 0 Å². The number of halogens is 3. The zero-order valence-electron chi connectivity index (χ0n) is 18.5. The summed E-state index contributed by atoms with van der Waals surface area (Å²) in [6.07, 6.45) is 3.65. The SMILES string of the molecule is C[C@H](c1c(Cl)ccc(F)c1Cl)c1c[nH]c2ncc(-c3ccc(C(=O)N4CCNCC4)cc3)cc12. The van der Waals surface area contributed by atoms with E-state index in [1.165, 1.54) is 12.1 Å². The molecule has 0 aliphatic carbocycles. The van der Waals surface area contributed by atoms with Crippen molar-refractivity contribution in [3.63, 3.8) is 0 Å². The first-order valence-electron chi connectivity index (χ1n) is 11.1. The molecule has 0 unspecified atom stereocenters. The average molecular weight is 497 g/mol. The minimum absolute atomic E-state index is 0.0307. The Morgan fingerprint density at radius 1 is 1.09 bits per heavy atom. The topological polar surface area (TPSA) is 61.0 Å². The summed E-state index contributed by atoms with van der Waals surface area (Å²) in [5.41, 5.74) is 4.73. The van der Waals surface area contributed by atoms with Gasteiger partial charge in [-0.1, -0.05) is 42.3 Å². The number of aromatic amines is 1. The summed E-state index contributed by atoms with van der Waals surface area (Å²) in [6, 6.07) is 12.4. The third-order valence-electron chi connectivity index (χ3n) is 6.41. The number of carbonyl (C=O) groups excluding carboxylic acids is 1. The molecule has 0 bridgehead atoms. The van der Waals surface area contributed by atoms with Gasteiger partial charge < -0.3 is 15.2 Å². The Bertz CT molecular complexity index is 1360. The molecular formula is C26H23Cl2FN4O. The zero-order chi connectivity index (χ0) is 23.8. The number of piperazine rings is 1. The molecule has 0 spiro atoms. The molecule has 4 aromatic rings. The van der Waals surface area contributed by atoms with Crippen LogP contribution in [0.15, 0.2) is 54.9 Å². The maximum Gasteiger partial charge on any atom is 0.253 e. The second-order valence-electron chi connectivity index (χ2n) is 8.46. The lowest BCUT2D eigenvalue weighted by Gasteiger charge is -2.27. The lowest BCUT2D eigenvalue weighted by Crippen LogP contribution is -2.46. The molecule has 1 aliphatic heterocycles. The Labute approximate surface area is 206 Å². The second kappa shape index (κ2) is 9.37. The molecule has 1 saturated heterocycles. The number of hydrogen-bond donors (Lipinski definition) is 2. The first-order chi connectivity index (χ1) is 16.4. The van der Waals surface area contributed by atoms with Gasteiger partial charge in [0.1, 0.15) is 11.5 Å². The number of nitrogens with one attached hydrogen (secondary N) is 2. The van der Waals surface area contributed by atoms with E-state index in [2.05, 4.69) is 15.3 Å². The highest BCUT2D eigenvalue weighted by atomic mass is 35.5. The molecule has 2 aromatic heterocycles. The Hall–Kier alpha value is -2.93. The lowest BCUT2D eigenvalue weighted by atomic mass is 9.92. The van der Waals surface area contributed by atoms with E-state index in [9.17, 15) is 9.18 Å². The number of rotatable bonds is 4. The van der Waals surface area contributed by atoms with Gasteiger partial charge in [0.2, 0.25) is 0 Å². The van der Waals surface area contributed by atoms with E-state index >= 15 is 0 Å². The molecule has 0 saturated carbocycles. The number of nitrogens with zero attached hydrogens (tertiary/aromatic N) is 2. The van der Waals surface area contributed by atoms with Crippen molar-refractivity contribution in [3.05, 3.63) is 87.4 Å². The van der Waals surface area contributed by atoms with Crippen LogP contribution >= 0.6 is 23.2 Å².